The molecule has 8 rings (SSSR count). The van der Waals surface area contributed by atoms with Crippen LogP contribution < -0.4 is 10.1 Å². The Morgan fingerprint density at radius 1 is 0.789 bits per heavy atom. The number of nitrogens with one attached hydrogen (secondary N) is 1. The molecule has 1 saturated heterocycles. The lowest BCUT2D eigenvalue weighted by atomic mass is 9.63. The highest BCUT2D eigenvalue weighted by molar-refractivity contribution is 6.10. The van der Waals surface area contributed by atoms with Gasteiger partial charge >= 0.3 is 0 Å². The van der Waals surface area contributed by atoms with E-state index in [1.165, 1.54) is 4.90 Å². The molecule has 3 amide bonds. The number of rotatable bonds is 7. The molecule has 6 nitrogen and oxygen atoms in total. The molecule has 0 unspecified atom stereocenters. The number of allylic oxidation sites excluding steroid dienone is 2. The average molecular weight is 505 g/mol. The predicted molar refractivity (Wildman–Crippen MR) is 142 cm³/mol. The van der Waals surface area contributed by atoms with E-state index in [9.17, 15) is 14.4 Å². The van der Waals surface area contributed by atoms with Gasteiger partial charge in [0.25, 0.3) is 0 Å². The van der Waals surface area contributed by atoms with Crippen LogP contribution in [0.1, 0.15) is 12.0 Å². The van der Waals surface area contributed by atoms with Crippen LogP contribution in [0.4, 0.5) is 5.69 Å². The van der Waals surface area contributed by atoms with Crippen LogP contribution in [0.25, 0.3) is 0 Å². The van der Waals surface area contributed by atoms with Gasteiger partial charge in [-0.05, 0) is 72.1 Å². The normalized spacial score (nSPS) is 29.0. The molecule has 3 fully saturated rings. The molecule has 7 atom stereocenters. The molecule has 1 N–H and O–H groups in total. The standard InChI is InChI=1S/C32H28N2O4/c35-30(33-20-11-13-22(14-12-20)38-21-9-5-2-6-10-21)27(17-19-7-3-1-4-8-19)34-31(36)28-23-15-16-24(26-18-25(23)26)29(28)32(34)37/h1-16,23-29H,17-18H2,(H,33,35)/t23-,24-,25-,26-,27+,28-,29+/m1/s1. The number of likely N-dealkylation sites (tertiary alicyclic amines) is 1. The number of nitrogens with zero attached hydrogens (tertiary/aromatic N) is 1. The van der Waals surface area contributed by atoms with Gasteiger partial charge < -0.3 is 10.1 Å². The largest absolute Gasteiger partial charge is 0.457 e. The Balaban J connectivity index is 1.14. The van der Waals surface area contributed by atoms with Gasteiger partial charge in [0.2, 0.25) is 17.7 Å². The number of benzene rings is 3. The maximum absolute atomic E-state index is 13.8. The molecule has 38 heavy (non-hydrogen) atoms. The monoisotopic (exact) mass is 504 g/mol. The number of anilines is 1. The van der Waals surface area contributed by atoms with Gasteiger partial charge in [-0.25, -0.2) is 0 Å². The summed E-state index contributed by atoms with van der Waals surface area (Å²) in [6.45, 7) is 0. The zero-order valence-corrected chi connectivity index (χ0v) is 20.8. The van der Waals surface area contributed by atoms with Crippen molar-refractivity contribution in [2.45, 2.75) is 18.9 Å². The number of imide groups is 1. The summed E-state index contributed by atoms with van der Waals surface area (Å²) in [6, 6.07) is 25.2. The first-order chi connectivity index (χ1) is 18.6. The summed E-state index contributed by atoms with van der Waals surface area (Å²) >= 11 is 0. The van der Waals surface area contributed by atoms with Gasteiger partial charge in [0.05, 0.1) is 11.8 Å². The van der Waals surface area contributed by atoms with Gasteiger partial charge in [0.1, 0.15) is 17.5 Å². The Hall–Kier alpha value is -4.19. The summed E-state index contributed by atoms with van der Waals surface area (Å²) in [5.41, 5.74) is 1.48. The molecule has 0 aromatic heterocycles. The fourth-order valence-electron chi connectivity index (χ4n) is 6.88. The average Bonchev–Trinajstić information content (AvgIpc) is 3.73. The van der Waals surface area contributed by atoms with E-state index < -0.39 is 6.04 Å². The van der Waals surface area contributed by atoms with Gasteiger partial charge in [0.15, 0.2) is 0 Å². The third-order valence-electron chi connectivity index (χ3n) is 8.68. The van der Waals surface area contributed by atoms with Gasteiger partial charge in [-0.2, -0.15) is 0 Å². The van der Waals surface area contributed by atoms with E-state index in [1.54, 1.807) is 24.3 Å². The van der Waals surface area contributed by atoms with E-state index in [0.717, 1.165) is 17.7 Å². The van der Waals surface area contributed by atoms with Crippen LogP contribution in [0.15, 0.2) is 97.1 Å². The Bertz CT molecular complexity index is 1380. The molecule has 6 heteroatoms. The van der Waals surface area contributed by atoms with E-state index in [-0.39, 0.29) is 47.8 Å². The van der Waals surface area contributed by atoms with Crippen molar-refractivity contribution in [1.29, 1.82) is 0 Å². The van der Waals surface area contributed by atoms with Crippen molar-refractivity contribution < 1.29 is 19.1 Å². The second-order valence-corrected chi connectivity index (χ2v) is 10.8. The fourth-order valence-corrected chi connectivity index (χ4v) is 6.88. The van der Waals surface area contributed by atoms with E-state index in [4.69, 9.17) is 4.74 Å². The van der Waals surface area contributed by atoms with Crippen LogP contribution in [0.3, 0.4) is 0 Å². The molecule has 2 bridgehead atoms. The summed E-state index contributed by atoms with van der Waals surface area (Å²) in [5.74, 6) is 1.23. The minimum atomic E-state index is -0.918. The van der Waals surface area contributed by atoms with Crippen LogP contribution in [-0.2, 0) is 20.8 Å². The van der Waals surface area contributed by atoms with Crippen LogP contribution in [0, 0.1) is 35.5 Å². The summed E-state index contributed by atoms with van der Waals surface area (Å²) < 4.78 is 5.85. The van der Waals surface area contributed by atoms with Gasteiger partial charge in [0, 0.05) is 12.1 Å². The zero-order chi connectivity index (χ0) is 25.8. The number of hydrogen-bond acceptors (Lipinski definition) is 4. The highest BCUT2D eigenvalue weighted by Gasteiger charge is 2.67. The highest BCUT2D eigenvalue weighted by atomic mass is 16.5. The lowest BCUT2D eigenvalue weighted by Gasteiger charge is -2.37. The van der Waals surface area contributed by atoms with Crippen LogP contribution >= 0.6 is 0 Å². The first-order valence-corrected chi connectivity index (χ1v) is 13.3. The molecule has 4 aliphatic carbocycles. The Morgan fingerprint density at radius 3 is 1.95 bits per heavy atom. The molecule has 0 spiro atoms. The number of amides is 3. The minimum Gasteiger partial charge on any atom is -0.457 e. The van der Waals surface area contributed by atoms with Crippen molar-refractivity contribution in [2.75, 3.05) is 5.32 Å². The first kappa shape index (κ1) is 23.0. The highest BCUT2D eigenvalue weighted by Crippen LogP contribution is 2.65. The van der Waals surface area contributed by atoms with Crippen LogP contribution in [-0.4, -0.2) is 28.7 Å². The third-order valence-corrected chi connectivity index (χ3v) is 8.68. The fraction of sp³-hybridized carbons (Fsp3) is 0.281. The van der Waals surface area contributed by atoms with Crippen molar-refractivity contribution >= 4 is 23.4 Å². The SMILES string of the molecule is O=C(Nc1ccc(Oc2ccccc2)cc1)[C@H](Cc1ccccc1)N1C(=O)[C@@H]2[C@@H]3C=C[C@H]([C@H]4C[C@H]34)[C@@H]2C1=O. The van der Waals surface area contributed by atoms with Crippen molar-refractivity contribution in [3.05, 3.63) is 103 Å². The second kappa shape index (κ2) is 8.98. The molecular formula is C32H28N2O4. The van der Waals surface area contributed by atoms with Crippen LogP contribution in [0.2, 0.25) is 0 Å². The number of hydrogen-bond donors (Lipinski definition) is 1. The lowest BCUT2D eigenvalue weighted by molar-refractivity contribution is -0.146. The molecule has 2 saturated carbocycles. The predicted octanol–water partition coefficient (Wildman–Crippen LogP) is 5.08. The Kier molecular flexibility index (Phi) is 5.43. The van der Waals surface area contributed by atoms with Gasteiger partial charge in [-0.1, -0.05) is 60.7 Å². The number of para-hydroxylation sites is 1. The molecular weight excluding hydrogens is 476 g/mol. The van der Waals surface area contributed by atoms with Gasteiger partial charge in [-0.3, -0.25) is 19.3 Å². The van der Waals surface area contributed by atoms with Crippen molar-refractivity contribution in [1.82, 2.24) is 4.90 Å². The zero-order valence-electron chi connectivity index (χ0n) is 20.8. The smallest absolute Gasteiger partial charge is 0.248 e. The van der Waals surface area contributed by atoms with Crippen molar-refractivity contribution in [2.24, 2.45) is 35.5 Å². The number of carbonyl (C=O) groups excluding carboxylic acids is 3. The van der Waals surface area contributed by atoms with Gasteiger partial charge in [-0.15, -0.1) is 0 Å². The maximum Gasteiger partial charge on any atom is 0.248 e. The van der Waals surface area contributed by atoms with E-state index >= 15 is 0 Å². The van der Waals surface area contributed by atoms with Crippen LogP contribution in [0.5, 0.6) is 11.5 Å². The number of ether oxygens (including phenoxy) is 1. The molecule has 3 aromatic rings. The number of carbonyl (C=O) groups is 3. The lowest BCUT2D eigenvalue weighted by Crippen LogP contribution is -2.49. The molecule has 3 aromatic carbocycles. The summed E-state index contributed by atoms with van der Waals surface area (Å²) in [7, 11) is 0. The van der Waals surface area contributed by atoms with E-state index in [2.05, 4.69) is 17.5 Å². The third kappa shape index (κ3) is 3.83. The molecule has 190 valence electrons. The quantitative estimate of drug-likeness (QED) is 0.360. The molecule has 5 aliphatic rings. The van der Waals surface area contributed by atoms with Crippen molar-refractivity contribution in [3.8, 4) is 11.5 Å². The topological polar surface area (TPSA) is 75.7 Å². The molecule has 1 heterocycles. The Labute approximate surface area is 221 Å². The summed E-state index contributed by atoms with van der Waals surface area (Å²) in [6.07, 6.45) is 5.68. The summed E-state index contributed by atoms with van der Waals surface area (Å²) in [5, 5.41) is 2.95. The van der Waals surface area contributed by atoms with Crippen molar-refractivity contribution in [3.63, 3.8) is 0 Å². The minimum absolute atomic E-state index is 0.119. The molecule has 1 aliphatic heterocycles. The summed E-state index contributed by atoms with van der Waals surface area (Å²) in [4.78, 5) is 42.6. The Morgan fingerprint density at radius 2 is 1.34 bits per heavy atom. The second-order valence-electron chi connectivity index (χ2n) is 10.8. The molecule has 0 radical (unpaired) electrons. The first-order valence-electron chi connectivity index (χ1n) is 13.3. The van der Waals surface area contributed by atoms with E-state index in [1.807, 2.05) is 60.7 Å². The van der Waals surface area contributed by atoms with E-state index in [0.29, 0.717) is 23.3 Å². The maximum atomic E-state index is 13.8.